The van der Waals surface area contributed by atoms with Crippen LogP contribution in [0.2, 0.25) is 0 Å². The Kier molecular flexibility index (Phi) is 3.50. The van der Waals surface area contributed by atoms with Crippen LogP contribution in [0.1, 0.15) is 56.1 Å². The van der Waals surface area contributed by atoms with E-state index < -0.39 is 0 Å². The first-order chi connectivity index (χ1) is 7.24. The molecule has 3 atom stereocenters. The third kappa shape index (κ3) is 2.13. The molecule has 0 aliphatic heterocycles. The minimum Gasteiger partial charge on any atom is -0.0884 e. The summed E-state index contributed by atoms with van der Waals surface area (Å²) in [6, 6.07) is 8.95. The van der Waals surface area contributed by atoms with Crippen LogP contribution in [-0.4, -0.2) is 4.83 Å². The zero-order valence-electron chi connectivity index (χ0n) is 9.54. The lowest BCUT2D eigenvalue weighted by Gasteiger charge is -2.18. The first-order valence-electron chi connectivity index (χ1n) is 5.97. The Morgan fingerprint density at radius 1 is 1.33 bits per heavy atom. The summed E-state index contributed by atoms with van der Waals surface area (Å²) in [6.07, 6.45) is 3.87. The lowest BCUT2D eigenvalue weighted by atomic mass is 9.95. The predicted octanol–water partition coefficient (Wildman–Crippen LogP) is 4.84. The van der Waals surface area contributed by atoms with Crippen molar-refractivity contribution in [1.29, 1.82) is 0 Å². The first kappa shape index (κ1) is 11.2. The van der Waals surface area contributed by atoms with Gasteiger partial charge in [0.25, 0.3) is 0 Å². The lowest BCUT2D eigenvalue weighted by Crippen LogP contribution is -2.09. The van der Waals surface area contributed by atoms with Gasteiger partial charge in [-0.25, -0.2) is 0 Å². The number of benzene rings is 1. The van der Waals surface area contributed by atoms with Crippen molar-refractivity contribution in [2.45, 2.75) is 49.8 Å². The molecule has 0 aromatic heterocycles. The molecule has 0 saturated heterocycles. The molecule has 0 spiro atoms. The van der Waals surface area contributed by atoms with Crippen LogP contribution in [0.4, 0.5) is 0 Å². The van der Waals surface area contributed by atoms with Crippen molar-refractivity contribution >= 4 is 15.9 Å². The average Bonchev–Trinajstić information content (AvgIpc) is 2.58. The predicted molar refractivity (Wildman–Crippen MR) is 69.8 cm³/mol. The highest BCUT2D eigenvalue weighted by Crippen LogP contribution is 2.45. The Hall–Kier alpha value is -0.300. The minimum absolute atomic E-state index is 0.661. The zero-order valence-corrected chi connectivity index (χ0v) is 11.1. The number of rotatable bonds is 3. The summed E-state index contributed by atoms with van der Waals surface area (Å²) in [5.41, 5.74) is 3.16. The van der Waals surface area contributed by atoms with Gasteiger partial charge in [0.2, 0.25) is 0 Å². The minimum atomic E-state index is 0.661. The van der Waals surface area contributed by atoms with Gasteiger partial charge < -0.3 is 0 Å². The van der Waals surface area contributed by atoms with Gasteiger partial charge in [-0.2, -0.15) is 0 Å². The SMILES string of the molecule is CCCC(Br)C1CC(C)c2ccccc21. The molecule has 2 rings (SSSR count). The Morgan fingerprint density at radius 2 is 2.00 bits per heavy atom. The van der Waals surface area contributed by atoms with E-state index in [2.05, 4.69) is 54.0 Å². The molecule has 3 unspecified atom stereocenters. The van der Waals surface area contributed by atoms with Crippen molar-refractivity contribution in [2.75, 3.05) is 0 Å². The number of halogens is 1. The molecule has 0 fully saturated rings. The van der Waals surface area contributed by atoms with E-state index >= 15 is 0 Å². The van der Waals surface area contributed by atoms with E-state index in [0.29, 0.717) is 4.83 Å². The fourth-order valence-electron chi connectivity index (χ4n) is 2.75. The topological polar surface area (TPSA) is 0 Å². The lowest BCUT2D eigenvalue weighted by molar-refractivity contribution is 0.570. The van der Waals surface area contributed by atoms with E-state index in [0.717, 1.165) is 11.8 Å². The third-order valence-corrected chi connectivity index (χ3v) is 4.63. The Bertz CT molecular complexity index is 332. The van der Waals surface area contributed by atoms with Crippen LogP contribution in [0.5, 0.6) is 0 Å². The highest BCUT2D eigenvalue weighted by Gasteiger charge is 2.31. The van der Waals surface area contributed by atoms with Gasteiger partial charge in [0.05, 0.1) is 0 Å². The maximum atomic E-state index is 3.86. The molecule has 0 heterocycles. The van der Waals surface area contributed by atoms with Gasteiger partial charge in [-0.3, -0.25) is 0 Å². The second kappa shape index (κ2) is 4.69. The fraction of sp³-hybridized carbons (Fsp3) is 0.571. The summed E-state index contributed by atoms with van der Waals surface area (Å²) in [7, 11) is 0. The number of hydrogen-bond acceptors (Lipinski definition) is 0. The van der Waals surface area contributed by atoms with Crippen molar-refractivity contribution in [3.05, 3.63) is 35.4 Å². The molecule has 82 valence electrons. The Labute approximate surface area is 101 Å². The molecule has 0 amide bonds. The van der Waals surface area contributed by atoms with Gasteiger partial charge in [-0.15, -0.1) is 0 Å². The van der Waals surface area contributed by atoms with E-state index in [1.54, 1.807) is 11.1 Å². The molecule has 0 bridgehead atoms. The van der Waals surface area contributed by atoms with Crippen LogP contribution in [0.25, 0.3) is 0 Å². The molecule has 0 radical (unpaired) electrons. The van der Waals surface area contributed by atoms with Crippen molar-refractivity contribution in [2.24, 2.45) is 0 Å². The van der Waals surface area contributed by atoms with E-state index in [1.165, 1.54) is 19.3 Å². The zero-order chi connectivity index (χ0) is 10.8. The summed E-state index contributed by atoms with van der Waals surface area (Å²) in [4.78, 5) is 0.661. The van der Waals surface area contributed by atoms with Gasteiger partial charge in [0.15, 0.2) is 0 Å². The van der Waals surface area contributed by atoms with Gasteiger partial charge in [0.1, 0.15) is 0 Å². The maximum absolute atomic E-state index is 3.86. The molecule has 1 heteroatoms. The van der Waals surface area contributed by atoms with Crippen LogP contribution >= 0.6 is 15.9 Å². The molecular formula is C14H19Br. The molecule has 0 saturated carbocycles. The van der Waals surface area contributed by atoms with Gasteiger partial charge in [0, 0.05) is 4.83 Å². The van der Waals surface area contributed by atoms with Crippen LogP contribution in [0.15, 0.2) is 24.3 Å². The smallest absolute Gasteiger partial charge is 0.0214 e. The summed E-state index contributed by atoms with van der Waals surface area (Å²) in [5, 5.41) is 0. The second-order valence-electron chi connectivity index (χ2n) is 4.68. The number of hydrogen-bond donors (Lipinski definition) is 0. The largest absolute Gasteiger partial charge is 0.0884 e. The summed E-state index contributed by atoms with van der Waals surface area (Å²) >= 11 is 3.86. The van der Waals surface area contributed by atoms with E-state index in [1.807, 2.05) is 0 Å². The molecule has 1 aliphatic carbocycles. The van der Waals surface area contributed by atoms with Gasteiger partial charge in [-0.1, -0.05) is 60.5 Å². The van der Waals surface area contributed by atoms with Crippen molar-refractivity contribution < 1.29 is 0 Å². The third-order valence-electron chi connectivity index (χ3n) is 3.53. The molecule has 1 aromatic rings. The van der Waals surface area contributed by atoms with Gasteiger partial charge >= 0.3 is 0 Å². The first-order valence-corrected chi connectivity index (χ1v) is 6.88. The van der Waals surface area contributed by atoms with Crippen molar-refractivity contribution in [1.82, 2.24) is 0 Å². The molecule has 1 aliphatic rings. The average molecular weight is 267 g/mol. The normalized spacial score (nSPS) is 26.3. The van der Waals surface area contributed by atoms with Crippen LogP contribution in [-0.2, 0) is 0 Å². The van der Waals surface area contributed by atoms with Crippen LogP contribution in [0, 0.1) is 0 Å². The fourth-order valence-corrected chi connectivity index (χ4v) is 3.71. The van der Waals surface area contributed by atoms with E-state index in [4.69, 9.17) is 0 Å². The molecule has 0 N–H and O–H groups in total. The van der Waals surface area contributed by atoms with Gasteiger partial charge in [-0.05, 0) is 35.8 Å². The van der Waals surface area contributed by atoms with E-state index in [9.17, 15) is 0 Å². The highest BCUT2D eigenvalue weighted by molar-refractivity contribution is 9.09. The quantitative estimate of drug-likeness (QED) is 0.687. The van der Waals surface area contributed by atoms with Crippen molar-refractivity contribution in [3.8, 4) is 0 Å². The standard InChI is InChI=1S/C14H19Br/c1-3-6-14(15)13-9-10(2)11-7-4-5-8-12(11)13/h4-5,7-8,10,13-14H,3,6,9H2,1-2H3. The molecule has 0 nitrogen and oxygen atoms in total. The highest BCUT2D eigenvalue weighted by atomic mass is 79.9. The van der Waals surface area contributed by atoms with Crippen LogP contribution in [0.3, 0.4) is 0 Å². The monoisotopic (exact) mass is 266 g/mol. The van der Waals surface area contributed by atoms with Crippen molar-refractivity contribution in [3.63, 3.8) is 0 Å². The second-order valence-corrected chi connectivity index (χ2v) is 5.85. The number of fused-ring (bicyclic) bond motifs is 1. The van der Waals surface area contributed by atoms with Crippen LogP contribution < -0.4 is 0 Å². The Balaban J connectivity index is 2.24. The van der Waals surface area contributed by atoms with E-state index in [-0.39, 0.29) is 0 Å². The summed E-state index contributed by atoms with van der Waals surface area (Å²) in [5.74, 6) is 1.47. The Morgan fingerprint density at radius 3 is 2.67 bits per heavy atom. The molecule has 15 heavy (non-hydrogen) atoms. The number of alkyl halides is 1. The maximum Gasteiger partial charge on any atom is 0.0214 e. The molecule has 1 aromatic carbocycles. The molecular weight excluding hydrogens is 248 g/mol. The summed E-state index contributed by atoms with van der Waals surface area (Å²) < 4.78 is 0. The summed E-state index contributed by atoms with van der Waals surface area (Å²) in [6.45, 7) is 4.61.